The van der Waals surface area contributed by atoms with Crippen molar-refractivity contribution in [1.82, 2.24) is 9.80 Å². The molecule has 2 aliphatic heterocycles. The smallest absolute Gasteiger partial charge is 0.0994 e. The zero-order valence-electron chi connectivity index (χ0n) is 10.7. The lowest BCUT2D eigenvalue weighted by atomic mass is 9.90. The Labute approximate surface area is 103 Å². The van der Waals surface area contributed by atoms with E-state index in [1.165, 1.54) is 0 Å². The normalized spacial score (nSPS) is 43.1. The van der Waals surface area contributed by atoms with Crippen molar-refractivity contribution in [2.45, 2.75) is 50.2 Å². The van der Waals surface area contributed by atoms with Crippen LogP contribution in [0.15, 0.2) is 0 Å². The van der Waals surface area contributed by atoms with E-state index in [0.717, 1.165) is 26.1 Å². The fraction of sp³-hybridized carbons (Fsp3) is 1.00. The molecule has 5 nitrogen and oxygen atoms in total. The Morgan fingerprint density at radius 1 is 1.24 bits per heavy atom. The lowest BCUT2D eigenvalue weighted by molar-refractivity contribution is -0.121. The van der Waals surface area contributed by atoms with Gasteiger partial charge in [-0.2, -0.15) is 0 Å². The van der Waals surface area contributed by atoms with Crippen molar-refractivity contribution in [3.8, 4) is 0 Å². The molecule has 2 rings (SSSR count). The average Bonchev–Trinajstić information content (AvgIpc) is 2.65. The molecular formula is C12H24N2O3. The summed E-state index contributed by atoms with van der Waals surface area (Å²) in [6, 6.07) is -0.317. The molecule has 2 aliphatic rings. The topological polar surface area (TPSA) is 67.2 Å². The predicted molar refractivity (Wildman–Crippen MR) is 64.7 cm³/mol. The first-order valence-electron chi connectivity index (χ1n) is 6.54. The second kappa shape index (κ2) is 5.20. The van der Waals surface area contributed by atoms with Crippen molar-refractivity contribution >= 4 is 0 Å². The number of piperidine rings is 1. The fourth-order valence-electron chi connectivity index (χ4n) is 3.21. The molecule has 0 bridgehead atoms. The highest BCUT2D eigenvalue weighted by Gasteiger charge is 2.48. The lowest BCUT2D eigenvalue weighted by Crippen LogP contribution is -2.65. The highest BCUT2D eigenvalue weighted by molar-refractivity contribution is 5.03. The number of rotatable bonds is 3. The molecule has 2 fully saturated rings. The maximum atomic E-state index is 10.2. The molecule has 2 heterocycles. The summed E-state index contributed by atoms with van der Waals surface area (Å²) in [5, 5.41) is 30.1. The van der Waals surface area contributed by atoms with E-state index in [1.807, 2.05) is 7.05 Å². The van der Waals surface area contributed by atoms with Crippen molar-refractivity contribution in [2.75, 3.05) is 26.7 Å². The minimum atomic E-state index is -0.842. The molecule has 0 amide bonds. The van der Waals surface area contributed by atoms with E-state index < -0.39 is 18.3 Å². The maximum absolute atomic E-state index is 10.2. The zero-order valence-corrected chi connectivity index (χ0v) is 10.7. The molecule has 2 saturated heterocycles. The van der Waals surface area contributed by atoms with Gasteiger partial charge in [-0.1, -0.05) is 6.92 Å². The molecule has 17 heavy (non-hydrogen) atoms. The summed E-state index contributed by atoms with van der Waals surface area (Å²) in [6.45, 7) is 4.56. The van der Waals surface area contributed by atoms with Crippen molar-refractivity contribution < 1.29 is 15.3 Å². The number of aliphatic hydroxyl groups excluding tert-OH is 3. The summed E-state index contributed by atoms with van der Waals surface area (Å²) in [4.78, 5) is 4.22. The lowest BCUT2D eigenvalue weighted by Gasteiger charge is -2.46. The van der Waals surface area contributed by atoms with Crippen LogP contribution in [0.25, 0.3) is 0 Å². The molecule has 0 spiro atoms. The first-order chi connectivity index (χ1) is 8.06. The van der Waals surface area contributed by atoms with Gasteiger partial charge in [0.1, 0.15) is 0 Å². The van der Waals surface area contributed by atoms with Crippen LogP contribution in [-0.4, -0.2) is 82.2 Å². The Morgan fingerprint density at radius 3 is 2.59 bits per heavy atom. The number of aliphatic hydroxyl groups is 3. The van der Waals surface area contributed by atoms with Gasteiger partial charge in [-0.25, -0.2) is 0 Å². The number of likely N-dealkylation sites (N-methyl/N-ethyl adjacent to an activating group) is 1. The van der Waals surface area contributed by atoms with Gasteiger partial charge in [0, 0.05) is 13.1 Å². The average molecular weight is 244 g/mol. The van der Waals surface area contributed by atoms with Crippen LogP contribution in [0.2, 0.25) is 0 Å². The molecule has 5 atom stereocenters. The van der Waals surface area contributed by atoms with E-state index in [4.69, 9.17) is 0 Å². The Bertz CT molecular complexity index is 264. The van der Waals surface area contributed by atoms with Crippen molar-refractivity contribution in [3.63, 3.8) is 0 Å². The summed E-state index contributed by atoms with van der Waals surface area (Å²) >= 11 is 0. The minimum absolute atomic E-state index is 0.0356. The summed E-state index contributed by atoms with van der Waals surface area (Å²) in [7, 11) is 1.98. The second-order valence-corrected chi connectivity index (χ2v) is 5.37. The van der Waals surface area contributed by atoms with Crippen LogP contribution in [0.5, 0.6) is 0 Å². The number of hydrogen-bond acceptors (Lipinski definition) is 5. The second-order valence-electron chi connectivity index (χ2n) is 5.37. The molecule has 3 N–H and O–H groups in total. The van der Waals surface area contributed by atoms with Crippen LogP contribution >= 0.6 is 0 Å². The molecule has 0 radical (unpaired) electrons. The van der Waals surface area contributed by atoms with Crippen molar-refractivity contribution in [1.29, 1.82) is 0 Å². The Balaban J connectivity index is 2.07. The zero-order chi connectivity index (χ0) is 12.6. The van der Waals surface area contributed by atoms with Crippen LogP contribution in [-0.2, 0) is 0 Å². The van der Waals surface area contributed by atoms with Crippen LogP contribution < -0.4 is 0 Å². The molecule has 2 unspecified atom stereocenters. The highest BCUT2D eigenvalue weighted by Crippen LogP contribution is 2.29. The van der Waals surface area contributed by atoms with E-state index in [1.54, 1.807) is 0 Å². The monoisotopic (exact) mass is 244 g/mol. The Morgan fingerprint density at radius 2 is 1.94 bits per heavy atom. The van der Waals surface area contributed by atoms with E-state index in [9.17, 15) is 15.3 Å². The van der Waals surface area contributed by atoms with Gasteiger partial charge >= 0.3 is 0 Å². The number of hydrogen-bond donors (Lipinski definition) is 3. The Kier molecular flexibility index (Phi) is 4.05. The summed E-state index contributed by atoms with van der Waals surface area (Å²) < 4.78 is 0. The molecule has 0 saturated carbocycles. The third-order valence-electron chi connectivity index (χ3n) is 4.19. The molecule has 0 aliphatic carbocycles. The summed E-state index contributed by atoms with van der Waals surface area (Å²) in [5.74, 6) is 0. The van der Waals surface area contributed by atoms with E-state index in [2.05, 4.69) is 16.7 Å². The van der Waals surface area contributed by atoms with E-state index in [0.29, 0.717) is 6.42 Å². The SMILES string of the molecule is CCCN(C)[C@H]1CN2CCC(O)C2[C@@H](O)[C@@H]1O. The van der Waals surface area contributed by atoms with Gasteiger partial charge in [-0.15, -0.1) is 0 Å². The van der Waals surface area contributed by atoms with E-state index >= 15 is 0 Å². The Hall–Kier alpha value is -0.200. The van der Waals surface area contributed by atoms with Crippen LogP contribution in [0.1, 0.15) is 19.8 Å². The predicted octanol–water partition coefficient (Wildman–Crippen LogP) is -1.13. The quantitative estimate of drug-likeness (QED) is 0.586. The maximum Gasteiger partial charge on any atom is 0.0994 e. The third kappa shape index (κ3) is 2.35. The molecule has 5 heteroatoms. The first-order valence-corrected chi connectivity index (χ1v) is 6.54. The minimum Gasteiger partial charge on any atom is -0.391 e. The standard InChI is InChI=1S/C12H24N2O3/c1-3-5-13(2)8-7-14-6-4-9(15)10(14)12(17)11(8)16/h8-12,15-17H,3-7H2,1-2H3/t8-,9?,10?,11+,12+/m0/s1. The van der Waals surface area contributed by atoms with Gasteiger partial charge in [0.05, 0.1) is 30.4 Å². The summed E-state index contributed by atoms with van der Waals surface area (Å²) in [5.41, 5.74) is 0. The van der Waals surface area contributed by atoms with Gasteiger partial charge in [-0.3, -0.25) is 9.80 Å². The number of nitrogens with zero attached hydrogens (tertiary/aromatic N) is 2. The van der Waals surface area contributed by atoms with Crippen LogP contribution in [0.3, 0.4) is 0 Å². The van der Waals surface area contributed by atoms with Gasteiger partial charge < -0.3 is 15.3 Å². The van der Waals surface area contributed by atoms with Crippen LogP contribution in [0.4, 0.5) is 0 Å². The van der Waals surface area contributed by atoms with Gasteiger partial charge in [0.2, 0.25) is 0 Å². The first kappa shape index (κ1) is 13.2. The van der Waals surface area contributed by atoms with Gasteiger partial charge in [0.15, 0.2) is 0 Å². The molecule has 0 aromatic rings. The molecule has 0 aromatic carbocycles. The highest BCUT2D eigenvalue weighted by atomic mass is 16.3. The third-order valence-corrected chi connectivity index (χ3v) is 4.19. The van der Waals surface area contributed by atoms with Gasteiger partial charge in [-0.05, 0) is 26.4 Å². The van der Waals surface area contributed by atoms with Crippen molar-refractivity contribution in [3.05, 3.63) is 0 Å². The largest absolute Gasteiger partial charge is 0.391 e. The molecule has 100 valence electrons. The molecular weight excluding hydrogens is 220 g/mol. The fourth-order valence-corrected chi connectivity index (χ4v) is 3.21. The van der Waals surface area contributed by atoms with Gasteiger partial charge in [0.25, 0.3) is 0 Å². The summed E-state index contributed by atoms with van der Waals surface area (Å²) in [6.07, 6.45) is -0.385. The molecule has 0 aromatic heterocycles. The van der Waals surface area contributed by atoms with E-state index in [-0.39, 0.29) is 12.1 Å². The van der Waals surface area contributed by atoms with Crippen molar-refractivity contribution in [2.24, 2.45) is 0 Å². The van der Waals surface area contributed by atoms with Crippen LogP contribution in [0, 0.1) is 0 Å². The number of fused-ring (bicyclic) bond motifs is 1.